The molecule has 0 bridgehead atoms. The monoisotopic (exact) mass is 380 g/mol. The number of hydrogen-bond donors (Lipinski definition) is 0. The number of amides is 1. The number of aromatic nitrogens is 3. The highest BCUT2D eigenvalue weighted by molar-refractivity contribution is 5.94. The third kappa shape index (κ3) is 3.35. The van der Waals surface area contributed by atoms with E-state index in [1.165, 1.54) is 24.8 Å². The Labute approximate surface area is 162 Å². The minimum absolute atomic E-state index is 0.0215. The van der Waals surface area contributed by atoms with E-state index in [-0.39, 0.29) is 17.7 Å². The Morgan fingerprint density at radius 2 is 2.00 bits per heavy atom. The van der Waals surface area contributed by atoms with Crippen molar-refractivity contribution in [2.45, 2.75) is 25.9 Å². The maximum Gasteiger partial charge on any atom is 0.254 e. The molecule has 2 aromatic carbocycles. The smallest absolute Gasteiger partial charge is 0.254 e. The lowest BCUT2D eigenvalue weighted by Gasteiger charge is -2.34. The summed E-state index contributed by atoms with van der Waals surface area (Å²) in [5.74, 6) is 0.912. The van der Waals surface area contributed by atoms with Crippen molar-refractivity contribution in [3.8, 4) is 5.75 Å². The maximum absolute atomic E-state index is 14.1. The van der Waals surface area contributed by atoms with Gasteiger partial charge in [0, 0.05) is 12.1 Å². The molecule has 1 atom stereocenters. The number of methoxy groups -OCH3 is 1. The van der Waals surface area contributed by atoms with E-state index in [2.05, 4.69) is 26.9 Å². The number of carbonyl (C=O) groups excluding carboxylic acids is 1. The first kappa shape index (κ1) is 18.2. The largest absolute Gasteiger partial charge is 0.494 e. The van der Waals surface area contributed by atoms with Crippen LogP contribution in [0.3, 0.4) is 0 Å². The summed E-state index contributed by atoms with van der Waals surface area (Å²) >= 11 is 0. The predicted octanol–water partition coefficient (Wildman–Crippen LogP) is 3.17. The molecule has 1 amide bonds. The van der Waals surface area contributed by atoms with Crippen molar-refractivity contribution < 1.29 is 13.9 Å². The fraction of sp³-hybridized carbons (Fsp3) is 0.286. The number of fused-ring (bicyclic) bond motifs is 1. The van der Waals surface area contributed by atoms with Gasteiger partial charge < -0.3 is 14.2 Å². The molecule has 144 valence electrons. The fourth-order valence-corrected chi connectivity index (χ4v) is 3.75. The van der Waals surface area contributed by atoms with E-state index in [4.69, 9.17) is 4.74 Å². The number of aryl methyl sites for hydroxylation is 1. The van der Waals surface area contributed by atoms with Gasteiger partial charge in [0.2, 0.25) is 0 Å². The molecule has 0 aliphatic carbocycles. The van der Waals surface area contributed by atoms with Crippen LogP contribution in [0.2, 0.25) is 0 Å². The molecule has 4 rings (SSSR count). The Bertz CT molecular complexity index is 1000. The Morgan fingerprint density at radius 3 is 2.71 bits per heavy atom. The fourth-order valence-electron chi connectivity index (χ4n) is 3.75. The minimum atomic E-state index is -0.551. The van der Waals surface area contributed by atoms with Crippen molar-refractivity contribution in [2.75, 3.05) is 13.7 Å². The quantitative estimate of drug-likeness (QED) is 0.698. The number of nitrogens with zero attached hydrogens (tertiary/aromatic N) is 4. The maximum atomic E-state index is 14.1. The molecule has 0 saturated heterocycles. The van der Waals surface area contributed by atoms with Crippen LogP contribution in [-0.2, 0) is 13.0 Å². The molecule has 1 aliphatic rings. The first-order chi connectivity index (χ1) is 13.6. The van der Waals surface area contributed by atoms with Crippen molar-refractivity contribution in [1.29, 1.82) is 0 Å². The summed E-state index contributed by atoms with van der Waals surface area (Å²) in [6, 6.07) is 14.4. The van der Waals surface area contributed by atoms with Crippen molar-refractivity contribution in [3.05, 3.63) is 77.1 Å². The van der Waals surface area contributed by atoms with Crippen LogP contribution in [0.1, 0.15) is 33.6 Å². The molecule has 0 radical (unpaired) electrons. The zero-order chi connectivity index (χ0) is 19.7. The van der Waals surface area contributed by atoms with E-state index in [0.29, 0.717) is 18.7 Å². The van der Waals surface area contributed by atoms with Crippen LogP contribution in [-0.4, -0.2) is 39.2 Å². The molecular formula is C21H21FN4O2. The topological polar surface area (TPSA) is 60.2 Å². The van der Waals surface area contributed by atoms with E-state index < -0.39 is 5.82 Å². The highest BCUT2D eigenvalue weighted by Crippen LogP contribution is 2.27. The molecule has 0 spiro atoms. The highest BCUT2D eigenvalue weighted by atomic mass is 19.1. The van der Waals surface area contributed by atoms with Crippen LogP contribution in [0, 0.1) is 12.7 Å². The average Bonchev–Trinajstić information content (AvgIpc) is 3.09. The van der Waals surface area contributed by atoms with E-state index in [1.807, 2.05) is 25.1 Å². The van der Waals surface area contributed by atoms with E-state index in [1.54, 1.807) is 11.0 Å². The minimum Gasteiger partial charge on any atom is -0.494 e. The second-order valence-electron chi connectivity index (χ2n) is 6.91. The summed E-state index contributed by atoms with van der Waals surface area (Å²) in [7, 11) is 1.40. The summed E-state index contributed by atoms with van der Waals surface area (Å²) in [6.07, 6.45) is 0.757. The molecule has 28 heavy (non-hydrogen) atoms. The molecule has 1 aromatic heterocycles. The molecule has 3 aromatic rings. The highest BCUT2D eigenvalue weighted by Gasteiger charge is 2.31. The van der Waals surface area contributed by atoms with Crippen LogP contribution in [0.15, 0.2) is 48.5 Å². The van der Waals surface area contributed by atoms with Gasteiger partial charge in [0.15, 0.2) is 17.4 Å². The summed E-state index contributed by atoms with van der Waals surface area (Å²) in [5.41, 5.74) is 1.47. The molecule has 0 fully saturated rings. The number of ether oxygens (including phenoxy) is 1. The van der Waals surface area contributed by atoms with E-state index in [0.717, 1.165) is 18.1 Å². The number of hydrogen-bond acceptors (Lipinski definition) is 4. The second-order valence-corrected chi connectivity index (χ2v) is 6.91. The van der Waals surface area contributed by atoms with Gasteiger partial charge in [-0.1, -0.05) is 30.3 Å². The van der Waals surface area contributed by atoms with Gasteiger partial charge in [-0.05, 0) is 37.1 Å². The number of rotatable bonds is 4. The number of halogens is 1. The van der Waals surface area contributed by atoms with Gasteiger partial charge in [-0.3, -0.25) is 4.79 Å². The summed E-state index contributed by atoms with van der Waals surface area (Å²) in [5, 5.41) is 8.44. The van der Waals surface area contributed by atoms with Crippen molar-refractivity contribution in [1.82, 2.24) is 19.7 Å². The van der Waals surface area contributed by atoms with Crippen LogP contribution in [0.4, 0.5) is 4.39 Å². The lowest BCUT2D eigenvalue weighted by molar-refractivity contribution is 0.0671. The summed E-state index contributed by atoms with van der Waals surface area (Å²) in [4.78, 5) is 14.7. The lowest BCUT2D eigenvalue weighted by Crippen LogP contribution is -2.42. The van der Waals surface area contributed by atoms with Crippen molar-refractivity contribution in [2.24, 2.45) is 0 Å². The Hall–Kier alpha value is -3.22. The average molecular weight is 380 g/mol. The molecule has 0 N–H and O–H groups in total. The number of benzene rings is 2. The van der Waals surface area contributed by atoms with Crippen LogP contribution >= 0.6 is 0 Å². The van der Waals surface area contributed by atoms with Gasteiger partial charge in [0.05, 0.1) is 19.7 Å². The number of carbonyl (C=O) groups is 1. The lowest BCUT2D eigenvalue weighted by atomic mass is 10.0. The normalized spacial score (nSPS) is 16.0. The van der Waals surface area contributed by atoms with Gasteiger partial charge >= 0.3 is 0 Å². The van der Waals surface area contributed by atoms with E-state index in [9.17, 15) is 9.18 Å². The summed E-state index contributed by atoms with van der Waals surface area (Å²) < 4.78 is 21.1. The third-order valence-corrected chi connectivity index (χ3v) is 5.07. The van der Waals surface area contributed by atoms with Gasteiger partial charge in [0.25, 0.3) is 5.91 Å². The first-order valence-electron chi connectivity index (χ1n) is 9.14. The van der Waals surface area contributed by atoms with Gasteiger partial charge in [0.1, 0.15) is 5.82 Å². The molecule has 0 unspecified atom stereocenters. The summed E-state index contributed by atoms with van der Waals surface area (Å²) in [6.45, 7) is 2.77. The van der Waals surface area contributed by atoms with Gasteiger partial charge in [-0.25, -0.2) is 4.39 Å². The van der Waals surface area contributed by atoms with Gasteiger partial charge in [-0.15, -0.1) is 10.2 Å². The molecule has 1 aliphatic heterocycles. The van der Waals surface area contributed by atoms with E-state index >= 15 is 0 Å². The zero-order valence-corrected chi connectivity index (χ0v) is 15.8. The van der Waals surface area contributed by atoms with Crippen LogP contribution in [0.25, 0.3) is 0 Å². The first-order valence-corrected chi connectivity index (χ1v) is 9.14. The standard InChI is InChI=1S/C21H21FN4O2/c1-14-23-24-20-13-25(21(27)16-8-9-19(28-2)18(22)11-16)12-17(26(14)20)10-15-6-4-3-5-7-15/h3-9,11,17H,10,12-13H2,1-2H3/t17-/m1/s1. The Kier molecular flexibility index (Phi) is 4.81. The third-order valence-electron chi connectivity index (χ3n) is 5.07. The molecule has 0 saturated carbocycles. The molecule has 7 heteroatoms. The zero-order valence-electron chi connectivity index (χ0n) is 15.8. The van der Waals surface area contributed by atoms with Crippen LogP contribution < -0.4 is 4.74 Å². The Morgan fingerprint density at radius 1 is 1.21 bits per heavy atom. The molecule has 2 heterocycles. The SMILES string of the molecule is COc1ccc(C(=O)N2Cc3nnc(C)n3[C@H](Cc3ccccc3)C2)cc1F. The van der Waals surface area contributed by atoms with Gasteiger partial charge in [-0.2, -0.15) is 0 Å². The van der Waals surface area contributed by atoms with Crippen molar-refractivity contribution >= 4 is 5.91 Å². The Balaban J connectivity index is 1.62. The van der Waals surface area contributed by atoms with Crippen LogP contribution in [0.5, 0.6) is 5.75 Å². The molecule has 6 nitrogen and oxygen atoms in total. The predicted molar refractivity (Wildman–Crippen MR) is 102 cm³/mol. The van der Waals surface area contributed by atoms with Crippen molar-refractivity contribution in [3.63, 3.8) is 0 Å². The second kappa shape index (κ2) is 7.42. The molecular weight excluding hydrogens is 359 g/mol.